The van der Waals surface area contributed by atoms with Crippen molar-refractivity contribution in [2.75, 3.05) is 38.4 Å². The highest BCUT2D eigenvalue weighted by atomic mass is 35.5. The van der Waals surface area contributed by atoms with Crippen molar-refractivity contribution in [2.45, 2.75) is 39.3 Å². The summed E-state index contributed by atoms with van der Waals surface area (Å²) in [5, 5.41) is 3.70. The molecule has 0 unspecified atom stereocenters. The number of morpholine rings is 1. The van der Waals surface area contributed by atoms with Crippen LogP contribution in [0.4, 0.5) is 5.82 Å². The van der Waals surface area contributed by atoms with Crippen LogP contribution < -0.4 is 10.2 Å². The summed E-state index contributed by atoms with van der Waals surface area (Å²) >= 11 is 5.94. The first-order valence-corrected chi connectivity index (χ1v) is 10.7. The number of benzene rings is 1. The standard InChI is InChI=1S/C23H30ClN3O3/c1-15(2)22-21(23(28)25-12-17-5-7-18(24)8-6-17)16(3)11-20(26-22)27-9-10-30-14-19(27)13-29-4/h5-8,11,15,19H,9-10,12-14H2,1-4H3,(H,25,28)/t19-/m0/s1. The van der Waals surface area contributed by atoms with Gasteiger partial charge in [-0.15, -0.1) is 0 Å². The average molecular weight is 432 g/mol. The Morgan fingerprint density at radius 1 is 1.37 bits per heavy atom. The largest absolute Gasteiger partial charge is 0.382 e. The summed E-state index contributed by atoms with van der Waals surface area (Å²) in [5.74, 6) is 0.873. The SMILES string of the molecule is COC[C@H]1COCCN1c1cc(C)c(C(=O)NCc2ccc(Cl)cc2)c(C(C)C)n1. The lowest BCUT2D eigenvalue weighted by atomic mass is 9.98. The normalized spacial score (nSPS) is 16.7. The maximum absolute atomic E-state index is 13.1. The molecule has 2 heterocycles. The third kappa shape index (κ3) is 5.31. The highest BCUT2D eigenvalue weighted by molar-refractivity contribution is 6.30. The van der Waals surface area contributed by atoms with E-state index < -0.39 is 0 Å². The number of hydrogen-bond donors (Lipinski definition) is 1. The lowest BCUT2D eigenvalue weighted by molar-refractivity contribution is 0.0597. The molecule has 1 fully saturated rings. The lowest BCUT2D eigenvalue weighted by Gasteiger charge is -2.36. The number of hydrogen-bond acceptors (Lipinski definition) is 5. The minimum Gasteiger partial charge on any atom is -0.382 e. The zero-order valence-corrected chi connectivity index (χ0v) is 18.8. The number of ether oxygens (including phenoxy) is 2. The summed E-state index contributed by atoms with van der Waals surface area (Å²) in [6.07, 6.45) is 0. The molecule has 3 rings (SSSR count). The van der Waals surface area contributed by atoms with Crippen LogP contribution in [0.2, 0.25) is 5.02 Å². The van der Waals surface area contributed by atoms with Crippen LogP contribution in [-0.2, 0) is 16.0 Å². The maximum Gasteiger partial charge on any atom is 0.253 e. The van der Waals surface area contributed by atoms with E-state index in [9.17, 15) is 4.79 Å². The van der Waals surface area contributed by atoms with E-state index in [1.165, 1.54) is 0 Å². The molecule has 1 aromatic carbocycles. The van der Waals surface area contributed by atoms with E-state index in [2.05, 4.69) is 24.1 Å². The molecule has 1 saturated heterocycles. The first kappa shape index (κ1) is 22.5. The molecule has 0 saturated carbocycles. The number of carbonyl (C=O) groups is 1. The van der Waals surface area contributed by atoms with Crippen molar-refractivity contribution in [3.63, 3.8) is 0 Å². The van der Waals surface area contributed by atoms with E-state index in [0.29, 0.717) is 37.0 Å². The van der Waals surface area contributed by atoms with E-state index in [-0.39, 0.29) is 17.9 Å². The summed E-state index contributed by atoms with van der Waals surface area (Å²) in [5.41, 5.74) is 3.37. The molecule has 0 aliphatic carbocycles. The Morgan fingerprint density at radius 2 is 2.10 bits per heavy atom. The lowest BCUT2D eigenvalue weighted by Crippen LogP contribution is -2.48. The Kier molecular flexibility index (Phi) is 7.69. The molecule has 1 aliphatic rings. The van der Waals surface area contributed by atoms with E-state index in [1.807, 2.05) is 37.3 Å². The van der Waals surface area contributed by atoms with E-state index in [0.717, 1.165) is 29.2 Å². The number of carbonyl (C=O) groups excluding carboxylic acids is 1. The van der Waals surface area contributed by atoms with Crippen molar-refractivity contribution in [2.24, 2.45) is 0 Å². The number of amides is 1. The fraction of sp³-hybridized carbons (Fsp3) is 0.478. The molecule has 1 aromatic heterocycles. The van der Waals surface area contributed by atoms with Crippen LogP contribution in [0.5, 0.6) is 0 Å². The monoisotopic (exact) mass is 431 g/mol. The molecule has 162 valence electrons. The first-order chi connectivity index (χ1) is 14.4. The van der Waals surface area contributed by atoms with Gasteiger partial charge in [0, 0.05) is 25.2 Å². The number of aryl methyl sites for hydroxylation is 1. The van der Waals surface area contributed by atoms with Crippen molar-refractivity contribution >= 4 is 23.3 Å². The summed E-state index contributed by atoms with van der Waals surface area (Å²) in [6.45, 7) is 9.12. The van der Waals surface area contributed by atoms with E-state index in [1.54, 1.807) is 7.11 Å². The van der Waals surface area contributed by atoms with Crippen molar-refractivity contribution in [3.8, 4) is 0 Å². The Labute approximate surface area is 183 Å². The van der Waals surface area contributed by atoms with Gasteiger partial charge in [0.05, 0.1) is 37.1 Å². The van der Waals surface area contributed by atoms with Gasteiger partial charge in [-0.2, -0.15) is 0 Å². The number of anilines is 1. The molecule has 1 atom stereocenters. The Balaban J connectivity index is 1.85. The molecule has 30 heavy (non-hydrogen) atoms. The summed E-state index contributed by atoms with van der Waals surface area (Å²) in [7, 11) is 1.69. The molecule has 2 aromatic rings. The van der Waals surface area contributed by atoms with Crippen molar-refractivity contribution in [3.05, 3.63) is 57.7 Å². The van der Waals surface area contributed by atoms with Gasteiger partial charge in [-0.3, -0.25) is 4.79 Å². The van der Waals surface area contributed by atoms with Crippen LogP contribution in [-0.4, -0.2) is 50.4 Å². The Hall–Kier alpha value is -2.15. The van der Waals surface area contributed by atoms with Gasteiger partial charge in [-0.25, -0.2) is 4.98 Å². The van der Waals surface area contributed by atoms with Gasteiger partial charge in [-0.1, -0.05) is 37.6 Å². The van der Waals surface area contributed by atoms with Crippen LogP contribution in [0.25, 0.3) is 0 Å². The number of halogens is 1. The van der Waals surface area contributed by atoms with Crippen LogP contribution in [0, 0.1) is 6.92 Å². The number of nitrogens with zero attached hydrogens (tertiary/aromatic N) is 2. The van der Waals surface area contributed by atoms with Gasteiger partial charge >= 0.3 is 0 Å². The number of aromatic nitrogens is 1. The van der Waals surface area contributed by atoms with E-state index in [4.69, 9.17) is 26.1 Å². The van der Waals surface area contributed by atoms with Crippen LogP contribution in [0.3, 0.4) is 0 Å². The summed E-state index contributed by atoms with van der Waals surface area (Å²) < 4.78 is 11.0. The zero-order chi connectivity index (χ0) is 21.7. The van der Waals surface area contributed by atoms with Crippen molar-refractivity contribution < 1.29 is 14.3 Å². The third-order valence-electron chi connectivity index (χ3n) is 5.25. The van der Waals surface area contributed by atoms with Crippen LogP contribution >= 0.6 is 11.6 Å². The second-order valence-electron chi connectivity index (χ2n) is 7.90. The smallest absolute Gasteiger partial charge is 0.253 e. The molecule has 0 bridgehead atoms. The van der Waals surface area contributed by atoms with Gasteiger partial charge in [0.1, 0.15) is 5.82 Å². The molecular formula is C23H30ClN3O3. The molecule has 0 spiro atoms. The maximum atomic E-state index is 13.1. The molecule has 6 nitrogen and oxygen atoms in total. The van der Waals surface area contributed by atoms with Crippen molar-refractivity contribution in [1.82, 2.24) is 10.3 Å². The van der Waals surface area contributed by atoms with Gasteiger partial charge in [0.25, 0.3) is 5.91 Å². The first-order valence-electron chi connectivity index (χ1n) is 10.3. The van der Waals surface area contributed by atoms with Crippen LogP contribution in [0.1, 0.15) is 46.9 Å². The summed E-state index contributed by atoms with van der Waals surface area (Å²) in [6, 6.07) is 9.58. The second kappa shape index (κ2) is 10.2. The third-order valence-corrected chi connectivity index (χ3v) is 5.50. The topological polar surface area (TPSA) is 63.7 Å². The Bertz CT molecular complexity index is 869. The second-order valence-corrected chi connectivity index (χ2v) is 8.34. The fourth-order valence-electron chi connectivity index (χ4n) is 3.70. The summed E-state index contributed by atoms with van der Waals surface area (Å²) in [4.78, 5) is 20.2. The molecule has 1 amide bonds. The Morgan fingerprint density at radius 3 is 2.77 bits per heavy atom. The fourth-order valence-corrected chi connectivity index (χ4v) is 3.83. The minimum atomic E-state index is -0.111. The number of rotatable bonds is 7. The molecule has 1 N–H and O–H groups in total. The van der Waals surface area contributed by atoms with Crippen LogP contribution in [0.15, 0.2) is 30.3 Å². The van der Waals surface area contributed by atoms with Gasteiger partial charge in [-0.05, 0) is 42.2 Å². The molecule has 1 aliphatic heterocycles. The predicted octanol–water partition coefficient (Wildman–Crippen LogP) is 3.95. The van der Waals surface area contributed by atoms with E-state index >= 15 is 0 Å². The van der Waals surface area contributed by atoms with Crippen molar-refractivity contribution in [1.29, 1.82) is 0 Å². The quantitative estimate of drug-likeness (QED) is 0.719. The van der Waals surface area contributed by atoms with Gasteiger partial charge in [0.15, 0.2) is 0 Å². The number of methoxy groups -OCH3 is 1. The van der Waals surface area contributed by atoms with Gasteiger partial charge < -0.3 is 19.7 Å². The molecule has 7 heteroatoms. The number of pyridine rings is 1. The predicted molar refractivity (Wildman–Crippen MR) is 120 cm³/mol. The molecular weight excluding hydrogens is 402 g/mol. The average Bonchev–Trinajstić information content (AvgIpc) is 2.73. The van der Waals surface area contributed by atoms with Gasteiger partial charge in [0.2, 0.25) is 0 Å². The molecule has 0 radical (unpaired) electrons. The zero-order valence-electron chi connectivity index (χ0n) is 18.1. The minimum absolute atomic E-state index is 0.111. The highest BCUT2D eigenvalue weighted by Crippen LogP contribution is 2.27. The highest BCUT2D eigenvalue weighted by Gasteiger charge is 2.27. The number of nitrogens with one attached hydrogen (secondary N) is 1.